The van der Waals surface area contributed by atoms with Gasteiger partial charge < -0.3 is 29.9 Å². The number of amides is 2. The number of anilines is 2. The standard InChI is InChI=1S/C33H35ClF2N4O4/c1-32(2,3)44-31(42)39-11-12-40-25-17-23(35)28(34)26(22(25)18-33(40,19-39)20-7-5-4-6-8-20)27-21(30(37)41)9-10-24(29(27)36)38-13-15-43-16-14-38/h4-10,17H,11-16,18-19H2,1-3H3,(H2,37,41). The lowest BCUT2D eigenvalue weighted by Gasteiger charge is -2.48. The van der Waals surface area contributed by atoms with Gasteiger partial charge in [0.25, 0.3) is 0 Å². The van der Waals surface area contributed by atoms with E-state index in [1.807, 2.05) is 56.0 Å². The van der Waals surface area contributed by atoms with E-state index < -0.39 is 34.8 Å². The summed E-state index contributed by atoms with van der Waals surface area (Å²) in [7, 11) is 0. The number of halogens is 3. The number of hydrogen-bond acceptors (Lipinski definition) is 6. The number of primary amides is 1. The minimum Gasteiger partial charge on any atom is -0.444 e. The van der Waals surface area contributed by atoms with Crippen LogP contribution in [-0.4, -0.2) is 68.4 Å². The van der Waals surface area contributed by atoms with Crippen LogP contribution < -0.4 is 15.5 Å². The van der Waals surface area contributed by atoms with Crippen LogP contribution in [0, 0.1) is 11.6 Å². The molecule has 3 heterocycles. The monoisotopic (exact) mass is 624 g/mol. The quantitative estimate of drug-likeness (QED) is 0.399. The molecule has 3 aliphatic heterocycles. The minimum atomic E-state index is -0.855. The average molecular weight is 625 g/mol. The molecule has 0 aliphatic carbocycles. The van der Waals surface area contributed by atoms with Crippen molar-refractivity contribution in [1.82, 2.24) is 4.90 Å². The SMILES string of the molecule is CC(C)(C)OC(=O)N1CCN2c3cc(F)c(Cl)c(-c4c(C(N)=O)ccc(N5CCOCC5)c4F)c3CC2(c2ccccc2)C1. The molecule has 0 bridgehead atoms. The molecule has 44 heavy (non-hydrogen) atoms. The molecular formula is C33H35ClF2N4O4. The molecule has 2 fully saturated rings. The molecule has 11 heteroatoms. The molecular weight excluding hydrogens is 590 g/mol. The smallest absolute Gasteiger partial charge is 0.410 e. The maximum atomic E-state index is 16.7. The highest BCUT2D eigenvalue weighted by molar-refractivity contribution is 6.34. The third-order valence-electron chi connectivity index (χ3n) is 8.58. The number of carbonyl (C=O) groups excluding carboxylic acids is 2. The van der Waals surface area contributed by atoms with Crippen LogP contribution in [0.25, 0.3) is 11.1 Å². The molecule has 0 saturated carbocycles. The van der Waals surface area contributed by atoms with Gasteiger partial charge in [-0.05, 0) is 50.1 Å². The lowest BCUT2D eigenvalue weighted by Crippen LogP contribution is -2.60. The van der Waals surface area contributed by atoms with Crippen molar-refractivity contribution in [3.05, 3.63) is 81.9 Å². The van der Waals surface area contributed by atoms with Crippen LogP contribution in [0.4, 0.5) is 25.0 Å². The van der Waals surface area contributed by atoms with Gasteiger partial charge in [0, 0.05) is 49.4 Å². The van der Waals surface area contributed by atoms with Crippen LogP contribution in [0.5, 0.6) is 0 Å². The third-order valence-corrected chi connectivity index (χ3v) is 8.95. The second kappa shape index (κ2) is 11.2. The molecule has 2 amide bonds. The normalized spacial score (nSPS) is 19.9. The van der Waals surface area contributed by atoms with Crippen molar-refractivity contribution in [2.45, 2.75) is 38.3 Å². The Kier molecular flexibility index (Phi) is 7.70. The van der Waals surface area contributed by atoms with Crippen LogP contribution in [0.2, 0.25) is 5.02 Å². The van der Waals surface area contributed by atoms with Crippen LogP contribution in [0.15, 0.2) is 48.5 Å². The number of ether oxygens (including phenoxy) is 2. The van der Waals surface area contributed by atoms with E-state index in [-0.39, 0.29) is 40.4 Å². The lowest BCUT2D eigenvalue weighted by molar-refractivity contribution is 0.0164. The molecule has 0 aromatic heterocycles. The molecule has 0 radical (unpaired) electrons. The van der Waals surface area contributed by atoms with Crippen molar-refractivity contribution >= 4 is 35.0 Å². The Bertz CT molecular complexity index is 1620. The molecule has 6 rings (SSSR count). The zero-order chi connectivity index (χ0) is 31.4. The Labute approximate surface area is 260 Å². The number of morpholine rings is 1. The first-order valence-corrected chi connectivity index (χ1v) is 15.1. The fourth-order valence-corrected chi connectivity index (χ4v) is 6.95. The number of nitrogens with zero attached hydrogens (tertiary/aromatic N) is 3. The minimum absolute atomic E-state index is 0.0941. The Balaban J connectivity index is 1.54. The van der Waals surface area contributed by atoms with Gasteiger partial charge in [-0.3, -0.25) is 4.79 Å². The highest BCUT2D eigenvalue weighted by Crippen LogP contribution is 2.53. The van der Waals surface area contributed by atoms with Crippen LogP contribution >= 0.6 is 11.6 Å². The summed E-state index contributed by atoms with van der Waals surface area (Å²) >= 11 is 6.71. The van der Waals surface area contributed by atoms with Gasteiger partial charge in [0.05, 0.1) is 41.6 Å². The fraction of sp³-hybridized carbons (Fsp3) is 0.394. The van der Waals surface area contributed by atoms with Gasteiger partial charge in [-0.1, -0.05) is 41.9 Å². The van der Waals surface area contributed by atoms with Gasteiger partial charge in [-0.25, -0.2) is 13.6 Å². The highest BCUT2D eigenvalue weighted by atomic mass is 35.5. The average Bonchev–Trinajstić information content (AvgIpc) is 3.32. The van der Waals surface area contributed by atoms with Crippen molar-refractivity contribution in [2.24, 2.45) is 5.73 Å². The second-order valence-corrected chi connectivity index (χ2v) is 12.8. The van der Waals surface area contributed by atoms with Crippen molar-refractivity contribution in [1.29, 1.82) is 0 Å². The van der Waals surface area contributed by atoms with Crippen LogP contribution in [0.1, 0.15) is 42.3 Å². The number of piperazine rings is 1. The predicted octanol–water partition coefficient (Wildman–Crippen LogP) is 5.73. The van der Waals surface area contributed by atoms with E-state index in [0.717, 1.165) is 5.56 Å². The summed E-state index contributed by atoms with van der Waals surface area (Å²) in [5, 5.41) is -0.295. The molecule has 3 aromatic carbocycles. The number of benzene rings is 3. The van der Waals surface area contributed by atoms with Gasteiger partial charge in [-0.15, -0.1) is 0 Å². The summed E-state index contributed by atoms with van der Waals surface area (Å²) in [5.41, 5.74) is 6.37. The Morgan fingerprint density at radius 2 is 1.68 bits per heavy atom. The summed E-state index contributed by atoms with van der Waals surface area (Å²) in [5.74, 6) is -2.30. The van der Waals surface area contributed by atoms with Gasteiger partial charge in [0.1, 0.15) is 11.4 Å². The molecule has 2 N–H and O–H groups in total. The lowest BCUT2D eigenvalue weighted by atomic mass is 9.82. The zero-order valence-electron chi connectivity index (χ0n) is 25.0. The first kappa shape index (κ1) is 30.1. The summed E-state index contributed by atoms with van der Waals surface area (Å²) in [6.07, 6.45) is -0.187. The van der Waals surface area contributed by atoms with E-state index in [1.165, 1.54) is 18.2 Å². The fourth-order valence-electron chi connectivity index (χ4n) is 6.68. The molecule has 3 aromatic rings. The van der Waals surface area contributed by atoms with E-state index in [1.54, 1.807) is 4.90 Å². The largest absolute Gasteiger partial charge is 0.444 e. The topological polar surface area (TPSA) is 88.3 Å². The number of rotatable bonds is 4. The van der Waals surface area contributed by atoms with E-state index in [4.69, 9.17) is 26.8 Å². The van der Waals surface area contributed by atoms with Crippen LogP contribution in [-0.2, 0) is 21.4 Å². The summed E-state index contributed by atoms with van der Waals surface area (Å²) in [6.45, 7) is 8.11. The third kappa shape index (κ3) is 5.13. The van der Waals surface area contributed by atoms with Crippen molar-refractivity contribution in [2.75, 3.05) is 55.7 Å². The Hall–Kier alpha value is -3.89. The zero-order valence-corrected chi connectivity index (χ0v) is 25.7. The first-order chi connectivity index (χ1) is 20.9. The summed E-state index contributed by atoms with van der Waals surface area (Å²) in [6, 6.07) is 14.0. The number of hydrogen-bond donors (Lipinski definition) is 1. The molecule has 8 nitrogen and oxygen atoms in total. The molecule has 0 spiro atoms. The first-order valence-electron chi connectivity index (χ1n) is 14.7. The molecule has 232 valence electrons. The summed E-state index contributed by atoms with van der Waals surface area (Å²) in [4.78, 5) is 31.6. The maximum absolute atomic E-state index is 16.7. The second-order valence-electron chi connectivity index (χ2n) is 12.5. The van der Waals surface area contributed by atoms with E-state index in [0.29, 0.717) is 50.6 Å². The van der Waals surface area contributed by atoms with E-state index >= 15 is 8.78 Å². The molecule has 1 atom stereocenters. The molecule has 3 aliphatic rings. The van der Waals surface area contributed by atoms with E-state index in [9.17, 15) is 9.59 Å². The van der Waals surface area contributed by atoms with Gasteiger partial charge in [-0.2, -0.15) is 0 Å². The van der Waals surface area contributed by atoms with Crippen molar-refractivity contribution in [3.8, 4) is 11.1 Å². The summed E-state index contributed by atoms with van der Waals surface area (Å²) < 4.78 is 43.7. The van der Waals surface area contributed by atoms with Crippen molar-refractivity contribution in [3.63, 3.8) is 0 Å². The Morgan fingerprint density at radius 1 is 0.977 bits per heavy atom. The van der Waals surface area contributed by atoms with Crippen LogP contribution in [0.3, 0.4) is 0 Å². The molecule has 2 saturated heterocycles. The van der Waals surface area contributed by atoms with Crippen molar-refractivity contribution < 1.29 is 27.8 Å². The van der Waals surface area contributed by atoms with Gasteiger partial charge >= 0.3 is 6.09 Å². The Morgan fingerprint density at radius 3 is 2.34 bits per heavy atom. The highest BCUT2D eigenvalue weighted by Gasteiger charge is 2.51. The van der Waals surface area contributed by atoms with Gasteiger partial charge in [0.15, 0.2) is 5.82 Å². The van der Waals surface area contributed by atoms with Gasteiger partial charge in [0.2, 0.25) is 5.91 Å². The van der Waals surface area contributed by atoms with E-state index in [2.05, 4.69) is 4.90 Å². The number of carbonyl (C=O) groups is 2. The number of nitrogens with two attached hydrogens (primary N) is 1. The maximum Gasteiger partial charge on any atom is 0.410 e. The predicted molar refractivity (Wildman–Crippen MR) is 165 cm³/mol. The number of fused-ring (bicyclic) bond motifs is 3. The molecule has 1 unspecified atom stereocenters.